The minimum absolute atomic E-state index is 0.182. The second-order valence-corrected chi connectivity index (χ2v) is 7.63. The molecular weight excluding hydrogens is 262 g/mol. The maximum absolute atomic E-state index is 13.0. The van der Waals surface area contributed by atoms with Gasteiger partial charge in [0.25, 0.3) is 0 Å². The van der Waals surface area contributed by atoms with Crippen molar-refractivity contribution in [1.29, 1.82) is 0 Å². The summed E-state index contributed by atoms with van der Waals surface area (Å²) in [5.74, 6) is 1.55. The van der Waals surface area contributed by atoms with E-state index in [0.29, 0.717) is 23.8 Å². The van der Waals surface area contributed by atoms with E-state index in [-0.39, 0.29) is 12.0 Å². The Balaban J connectivity index is 1.73. The Hall–Kier alpha value is -0.570. The van der Waals surface area contributed by atoms with Gasteiger partial charge in [0, 0.05) is 24.4 Å². The fourth-order valence-electron chi connectivity index (χ4n) is 4.99. The predicted molar refractivity (Wildman–Crippen MR) is 83.8 cm³/mol. The van der Waals surface area contributed by atoms with Crippen molar-refractivity contribution in [3.8, 4) is 0 Å². The molecule has 3 rings (SSSR count). The van der Waals surface area contributed by atoms with Crippen molar-refractivity contribution in [3.05, 3.63) is 0 Å². The first-order valence-electron chi connectivity index (χ1n) is 9.17. The molecule has 0 radical (unpaired) electrons. The molecule has 0 aromatic carbocycles. The van der Waals surface area contributed by atoms with Gasteiger partial charge in [0.2, 0.25) is 5.91 Å². The summed E-state index contributed by atoms with van der Waals surface area (Å²) >= 11 is 0. The predicted octanol–water partition coefficient (Wildman–Crippen LogP) is 3.35. The number of likely N-dealkylation sites (tertiary alicyclic amines) is 1. The minimum Gasteiger partial charge on any atom is -0.393 e. The highest BCUT2D eigenvalue weighted by Crippen LogP contribution is 2.38. The van der Waals surface area contributed by atoms with Crippen molar-refractivity contribution in [2.75, 3.05) is 6.54 Å². The monoisotopic (exact) mass is 293 g/mol. The van der Waals surface area contributed by atoms with Crippen LogP contribution in [0.15, 0.2) is 0 Å². The Labute approximate surface area is 129 Å². The van der Waals surface area contributed by atoms with Gasteiger partial charge in [0.05, 0.1) is 6.10 Å². The molecule has 21 heavy (non-hydrogen) atoms. The van der Waals surface area contributed by atoms with Crippen LogP contribution in [0.2, 0.25) is 0 Å². The van der Waals surface area contributed by atoms with Gasteiger partial charge < -0.3 is 10.0 Å². The molecule has 1 N–H and O–H groups in total. The number of carbonyl (C=O) groups excluding carboxylic acids is 1. The zero-order chi connectivity index (χ0) is 14.8. The highest BCUT2D eigenvalue weighted by molar-refractivity contribution is 5.80. The second kappa shape index (κ2) is 6.68. The van der Waals surface area contributed by atoms with Crippen LogP contribution in [0.1, 0.15) is 71.1 Å². The third kappa shape index (κ3) is 3.13. The Kier molecular flexibility index (Phi) is 4.88. The summed E-state index contributed by atoms with van der Waals surface area (Å²) in [6, 6.07) is 0.314. The van der Waals surface area contributed by atoms with Crippen molar-refractivity contribution >= 4 is 5.91 Å². The number of aliphatic hydroxyl groups is 1. The van der Waals surface area contributed by atoms with Crippen molar-refractivity contribution in [3.63, 3.8) is 0 Å². The number of hydrogen-bond donors (Lipinski definition) is 1. The van der Waals surface area contributed by atoms with Crippen LogP contribution in [0, 0.1) is 17.8 Å². The van der Waals surface area contributed by atoms with Crippen molar-refractivity contribution < 1.29 is 9.90 Å². The number of rotatable bonds is 2. The lowest BCUT2D eigenvalue weighted by Crippen LogP contribution is -2.53. The maximum atomic E-state index is 13.0. The summed E-state index contributed by atoms with van der Waals surface area (Å²) in [5.41, 5.74) is 0. The summed E-state index contributed by atoms with van der Waals surface area (Å²) < 4.78 is 0. The standard InChI is InChI=1S/C18H31NO2/c1-13-7-6-9-14(13)18(21)19-12-5-4-10-16(19)15-8-2-3-11-17(15)20/h13-17,20H,2-12H2,1H3. The topological polar surface area (TPSA) is 40.5 Å². The van der Waals surface area contributed by atoms with E-state index in [9.17, 15) is 9.90 Å². The van der Waals surface area contributed by atoms with Gasteiger partial charge in [-0.2, -0.15) is 0 Å². The highest BCUT2D eigenvalue weighted by atomic mass is 16.3. The Morgan fingerprint density at radius 1 is 0.952 bits per heavy atom. The molecule has 2 saturated carbocycles. The molecule has 3 nitrogen and oxygen atoms in total. The van der Waals surface area contributed by atoms with Crippen LogP contribution < -0.4 is 0 Å². The molecule has 1 saturated heterocycles. The number of nitrogens with zero attached hydrogens (tertiary/aromatic N) is 1. The van der Waals surface area contributed by atoms with Gasteiger partial charge in [-0.15, -0.1) is 0 Å². The molecule has 0 bridgehead atoms. The first-order valence-corrected chi connectivity index (χ1v) is 9.17. The zero-order valence-electron chi connectivity index (χ0n) is 13.5. The molecule has 0 aromatic rings. The molecule has 3 aliphatic rings. The minimum atomic E-state index is -0.182. The van der Waals surface area contributed by atoms with Gasteiger partial charge in [0.15, 0.2) is 0 Å². The summed E-state index contributed by atoms with van der Waals surface area (Å²) in [6.07, 6.45) is 11.2. The molecule has 3 heteroatoms. The molecule has 120 valence electrons. The van der Waals surface area contributed by atoms with E-state index in [1.54, 1.807) is 0 Å². The van der Waals surface area contributed by atoms with E-state index in [0.717, 1.165) is 45.1 Å². The van der Waals surface area contributed by atoms with E-state index >= 15 is 0 Å². The summed E-state index contributed by atoms with van der Waals surface area (Å²) in [7, 11) is 0. The van der Waals surface area contributed by atoms with Gasteiger partial charge >= 0.3 is 0 Å². The molecule has 1 aliphatic heterocycles. The van der Waals surface area contributed by atoms with Crippen molar-refractivity contribution in [2.24, 2.45) is 17.8 Å². The number of aliphatic hydroxyl groups excluding tert-OH is 1. The fourth-order valence-corrected chi connectivity index (χ4v) is 4.99. The zero-order valence-corrected chi connectivity index (χ0v) is 13.5. The quantitative estimate of drug-likeness (QED) is 0.848. The van der Waals surface area contributed by atoms with Crippen LogP contribution in [-0.4, -0.2) is 34.6 Å². The first kappa shape index (κ1) is 15.3. The molecule has 5 unspecified atom stereocenters. The molecular formula is C18H31NO2. The van der Waals surface area contributed by atoms with E-state index < -0.39 is 0 Å². The number of carbonyl (C=O) groups is 1. The van der Waals surface area contributed by atoms with Crippen LogP contribution >= 0.6 is 0 Å². The van der Waals surface area contributed by atoms with Gasteiger partial charge in [0.1, 0.15) is 0 Å². The molecule has 1 heterocycles. The van der Waals surface area contributed by atoms with Crippen LogP contribution in [0.5, 0.6) is 0 Å². The van der Waals surface area contributed by atoms with Crippen LogP contribution in [0.25, 0.3) is 0 Å². The van der Waals surface area contributed by atoms with E-state index in [2.05, 4.69) is 11.8 Å². The molecule has 0 aromatic heterocycles. The summed E-state index contributed by atoms with van der Waals surface area (Å²) in [5, 5.41) is 10.4. The highest BCUT2D eigenvalue weighted by Gasteiger charge is 2.41. The third-order valence-corrected chi connectivity index (χ3v) is 6.29. The van der Waals surface area contributed by atoms with E-state index in [1.165, 1.54) is 25.7 Å². The largest absolute Gasteiger partial charge is 0.393 e. The Bertz CT molecular complexity index is 370. The van der Waals surface area contributed by atoms with Crippen molar-refractivity contribution in [2.45, 2.75) is 83.3 Å². The van der Waals surface area contributed by atoms with E-state index in [1.807, 2.05) is 0 Å². The summed E-state index contributed by atoms with van der Waals surface area (Å²) in [6.45, 7) is 3.17. The second-order valence-electron chi connectivity index (χ2n) is 7.63. The van der Waals surface area contributed by atoms with Gasteiger partial charge in [-0.05, 0) is 50.9 Å². The number of hydrogen-bond acceptors (Lipinski definition) is 2. The van der Waals surface area contributed by atoms with Gasteiger partial charge in [-0.3, -0.25) is 4.79 Å². The molecule has 2 aliphatic carbocycles. The van der Waals surface area contributed by atoms with E-state index in [4.69, 9.17) is 0 Å². The molecule has 3 fully saturated rings. The summed E-state index contributed by atoms with van der Waals surface area (Å²) in [4.78, 5) is 15.2. The third-order valence-electron chi connectivity index (χ3n) is 6.29. The van der Waals surface area contributed by atoms with Gasteiger partial charge in [-0.25, -0.2) is 0 Å². The Morgan fingerprint density at radius 3 is 2.43 bits per heavy atom. The fraction of sp³-hybridized carbons (Fsp3) is 0.944. The molecule has 0 spiro atoms. The first-order chi connectivity index (χ1) is 10.2. The SMILES string of the molecule is CC1CCCC1C(=O)N1CCCCC1C1CCCCC1O. The van der Waals surface area contributed by atoms with Crippen LogP contribution in [0.4, 0.5) is 0 Å². The average molecular weight is 293 g/mol. The lowest BCUT2D eigenvalue weighted by Gasteiger charge is -2.45. The van der Waals surface area contributed by atoms with Gasteiger partial charge in [-0.1, -0.05) is 26.2 Å². The molecule has 5 atom stereocenters. The smallest absolute Gasteiger partial charge is 0.226 e. The van der Waals surface area contributed by atoms with Crippen LogP contribution in [-0.2, 0) is 4.79 Å². The lowest BCUT2D eigenvalue weighted by atomic mass is 9.77. The Morgan fingerprint density at radius 2 is 1.71 bits per heavy atom. The number of amides is 1. The molecule has 1 amide bonds. The normalized spacial score (nSPS) is 41.2. The maximum Gasteiger partial charge on any atom is 0.226 e. The lowest BCUT2D eigenvalue weighted by molar-refractivity contribution is -0.143. The number of piperidine rings is 1. The van der Waals surface area contributed by atoms with Crippen molar-refractivity contribution in [1.82, 2.24) is 4.90 Å². The van der Waals surface area contributed by atoms with Crippen LogP contribution in [0.3, 0.4) is 0 Å². The average Bonchev–Trinajstić information content (AvgIpc) is 2.93.